The quantitative estimate of drug-likeness (QED) is 0.608. The molecular formula is C18H22ClN4O4S+. The van der Waals surface area contributed by atoms with Crippen molar-refractivity contribution in [3.63, 3.8) is 0 Å². The molecule has 1 saturated heterocycles. The van der Waals surface area contributed by atoms with Crippen molar-refractivity contribution in [3.05, 3.63) is 58.9 Å². The first-order valence-electron chi connectivity index (χ1n) is 8.78. The minimum absolute atomic E-state index is 0.00252. The van der Waals surface area contributed by atoms with E-state index in [2.05, 4.69) is 15.0 Å². The van der Waals surface area contributed by atoms with Gasteiger partial charge in [-0.25, -0.2) is 4.79 Å². The van der Waals surface area contributed by atoms with E-state index < -0.39 is 16.2 Å². The summed E-state index contributed by atoms with van der Waals surface area (Å²) in [5.41, 5.74) is 1.08. The molecule has 1 unspecified atom stereocenters. The number of nitrogens with zero attached hydrogens (tertiary/aromatic N) is 2. The number of aromatic carboxylic acids is 1. The summed E-state index contributed by atoms with van der Waals surface area (Å²) in [7, 11) is -3.84. The van der Waals surface area contributed by atoms with Gasteiger partial charge in [0, 0.05) is 29.9 Å². The maximum atomic E-state index is 13.4. The number of carbonyl (C=O) groups is 1. The van der Waals surface area contributed by atoms with Crippen LogP contribution in [0.1, 0.15) is 23.0 Å². The van der Waals surface area contributed by atoms with E-state index in [4.69, 9.17) is 16.7 Å². The fourth-order valence-corrected chi connectivity index (χ4v) is 5.26. The molecule has 0 saturated carbocycles. The fourth-order valence-electron chi connectivity index (χ4n) is 3.36. The predicted octanol–water partition coefficient (Wildman–Crippen LogP) is 1.77. The summed E-state index contributed by atoms with van der Waals surface area (Å²) in [4.78, 5) is 14.9. The van der Waals surface area contributed by atoms with Crippen molar-refractivity contribution >= 4 is 33.5 Å². The van der Waals surface area contributed by atoms with Gasteiger partial charge in [-0.3, -0.25) is 4.98 Å². The Labute approximate surface area is 168 Å². The molecule has 0 spiro atoms. The lowest BCUT2D eigenvalue weighted by Gasteiger charge is -2.41. The summed E-state index contributed by atoms with van der Waals surface area (Å²) in [5.74, 6) is -1.08. The van der Waals surface area contributed by atoms with Crippen LogP contribution in [0.15, 0.2) is 42.6 Å². The normalized spacial score (nSPS) is 22.7. The molecule has 1 aliphatic heterocycles. The van der Waals surface area contributed by atoms with Crippen molar-refractivity contribution in [2.45, 2.75) is 19.5 Å². The minimum atomic E-state index is -3.84. The number of halogens is 1. The van der Waals surface area contributed by atoms with Crippen LogP contribution in [0.2, 0.25) is 5.02 Å². The van der Waals surface area contributed by atoms with Crippen molar-refractivity contribution < 1.29 is 18.3 Å². The predicted molar refractivity (Wildman–Crippen MR) is 107 cm³/mol. The molecule has 1 aliphatic rings. The topological polar surface area (TPSA) is 108 Å². The molecule has 0 aliphatic carbocycles. The largest absolute Gasteiger partial charge is 0.478 e. The van der Waals surface area contributed by atoms with Gasteiger partial charge in [-0.15, -0.1) is 0 Å². The molecule has 150 valence electrons. The Bertz CT molecular complexity index is 968. The second-order valence-electron chi connectivity index (χ2n) is 6.77. The van der Waals surface area contributed by atoms with Gasteiger partial charge in [0.25, 0.3) is 0 Å². The lowest BCUT2D eigenvalue weighted by atomic mass is 10.2. The molecule has 8 nitrogen and oxygen atoms in total. The molecule has 1 aromatic carbocycles. The van der Waals surface area contributed by atoms with Gasteiger partial charge in [-0.2, -0.15) is 17.0 Å². The molecule has 1 fully saturated rings. The van der Waals surface area contributed by atoms with Crippen LogP contribution in [0.4, 0.5) is 5.69 Å². The molecule has 2 aromatic rings. The first-order valence-corrected chi connectivity index (χ1v) is 10.6. The van der Waals surface area contributed by atoms with E-state index in [0.29, 0.717) is 36.0 Å². The Hall–Kier alpha value is -2.04. The second kappa shape index (κ2) is 8.14. The van der Waals surface area contributed by atoms with Crippen LogP contribution >= 0.6 is 11.6 Å². The van der Waals surface area contributed by atoms with Gasteiger partial charge in [-0.1, -0.05) is 17.7 Å². The minimum Gasteiger partial charge on any atom is -0.478 e. The number of aromatic nitrogens is 1. The lowest BCUT2D eigenvalue weighted by molar-refractivity contribution is 0.0696. The van der Waals surface area contributed by atoms with E-state index >= 15 is 0 Å². The summed E-state index contributed by atoms with van der Waals surface area (Å²) < 4.78 is 29.1. The zero-order valence-electron chi connectivity index (χ0n) is 15.3. The van der Waals surface area contributed by atoms with Crippen LogP contribution in [0.25, 0.3) is 0 Å². The molecule has 0 amide bonds. The molecule has 2 heterocycles. The maximum Gasteiger partial charge on any atom is 0.375 e. The zero-order chi connectivity index (χ0) is 20.4. The van der Waals surface area contributed by atoms with Gasteiger partial charge in [-0.05, 0) is 25.1 Å². The lowest BCUT2D eigenvalue weighted by Crippen LogP contribution is -2.68. The Morgan fingerprint density at radius 1 is 1.39 bits per heavy atom. The Balaban J connectivity index is 1.89. The standard InChI is InChI=1S/C18H21ClN4O4S/c1-13-12-23(8-7-20-13,17-4-2-3-15(19)9-17)28(26,27)22-11-16-6-5-14(10-21-16)18(24)25/h2-6,9-10,13,20,22H,7-8,11-12H2,1H3/p+1/t13?,23-/m1/s1. The number of piperazine rings is 1. The van der Waals surface area contributed by atoms with E-state index in [1.807, 2.05) is 6.92 Å². The molecule has 3 rings (SSSR count). The number of benzene rings is 1. The highest BCUT2D eigenvalue weighted by Gasteiger charge is 2.47. The third kappa shape index (κ3) is 4.18. The van der Waals surface area contributed by atoms with Crippen LogP contribution in [0.3, 0.4) is 0 Å². The van der Waals surface area contributed by atoms with E-state index in [-0.39, 0.29) is 22.0 Å². The Morgan fingerprint density at radius 2 is 2.18 bits per heavy atom. The third-order valence-corrected chi connectivity index (χ3v) is 6.99. The SMILES string of the molecule is CC1C[N@+](c2cccc(Cl)c2)(S(=O)(=O)NCc2ccc(C(=O)O)cn2)CCN1. The highest BCUT2D eigenvalue weighted by atomic mass is 35.5. The smallest absolute Gasteiger partial charge is 0.375 e. The van der Waals surface area contributed by atoms with Crippen LogP contribution < -0.4 is 13.9 Å². The number of hydrogen-bond donors (Lipinski definition) is 3. The van der Waals surface area contributed by atoms with Crippen LogP contribution in [-0.2, 0) is 16.8 Å². The Kier molecular flexibility index (Phi) is 6.01. The van der Waals surface area contributed by atoms with Gasteiger partial charge in [0.2, 0.25) is 0 Å². The summed E-state index contributed by atoms with van der Waals surface area (Å²) in [6, 6.07) is 9.79. The first-order chi connectivity index (χ1) is 13.2. The molecule has 0 bridgehead atoms. The van der Waals surface area contributed by atoms with Gasteiger partial charge in [0.1, 0.15) is 13.1 Å². The molecule has 3 N–H and O–H groups in total. The molecule has 10 heteroatoms. The van der Waals surface area contributed by atoms with E-state index in [1.54, 1.807) is 24.3 Å². The van der Waals surface area contributed by atoms with Gasteiger partial charge in [0.05, 0.1) is 23.8 Å². The number of nitrogens with one attached hydrogen (secondary N) is 2. The number of rotatable bonds is 6. The monoisotopic (exact) mass is 425 g/mol. The highest BCUT2D eigenvalue weighted by molar-refractivity contribution is 7.89. The van der Waals surface area contributed by atoms with E-state index in [0.717, 1.165) is 0 Å². The molecule has 28 heavy (non-hydrogen) atoms. The summed E-state index contributed by atoms with van der Waals surface area (Å²) in [5, 5.41) is 12.7. The van der Waals surface area contributed by atoms with Crippen LogP contribution in [-0.4, -0.2) is 50.2 Å². The number of carboxylic acid groups (broad SMARTS) is 1. The summed E-state index contributed by atoms with van der Waals surface area (Å²) in [6.07, 6.45) is 1.21. The van der Waals surface area contributed by atoms with Crippen LogP contribution in [0, 0.1) is 0 Å². The first kappa shape index (κ1) is 20.7. The number of hydrogen-bond acceptors (Lipinski definition) is 5. The summed E-state index contributed by atoms with van der Waals surface area (Å²) in [6.45, 7) is 3.15. The van der Waals surface area contributed by atoms with E-state index in [9.17, 15) is 13.2 Å². The molecule has 0 radical (unpaired) electrons. The second-order valence-corrected chi connectivity index (χ2v) is 9.14. The Morgan fingerprint density at radius 3 is 2.79 bits per heavy atom. The average molecular weight is 426 g/mol. The van der Waals surface area contributed by atoms with Gasteiger partial charge >= 0.3 is 16.2 Å². The number of pyridine rings is 1. The maximum absolute atomic E-state index is 13.4. The molecule has 2 atom stereocenters. The zero-order valence-corrected chi connectivity index (χ0v) is 16.9. The van der Waals surface area contributed by atoms with Crippen molar-refractivity contribution in [2.24, 2.45) is 0 Å². The number of quaternary nitrogens is 1. The van der Waals surface area contributed by atoms with Gasteiger partial charge in [0.15, 0.2) is 5.69 Å². The van der Waals surface area contributed by atoms with Crippen molar-refractivity contribution in [1.29, 1.82) is 0 Å². The number of carboxylic acids is 1. The summed E-state index contributed by atoms with van der Waals surface area (Å²) >= 11 is 6.13. The highest BCUT2D eigenvalue weighted by Crippen LogP contribution is 2.31. The molecule has 1 aromatic heterocycles. The van der Waals surface area contributed by atoms with Crippen LogP contribution in [0.5, 0.6) is 0 Å². The van der Waals surface area contributed by atoms with Crippen molar-refractivity contribution in [2.75, 3.05) is 19.6 Å². The molecular weight excluding hydrogens is 404 g/mol. The average Bonchev–Trinajstić information content (AvgIpc) is 2.66. The third-order valence-electron chi connectivity index (χ3n) is 4.78. The fraction of sp³-hybridized carbons (Fsp3) is 0.333. The van der Waals surface area contributed by atoms with Crippen molar-refractivity contribution in [3.8, 4) is 0 Å². The van der Waals surface area contributed by atoms with Crippen molar-refractivity contribution in [1.82, 2.24) is 18.9 Å². The van der Waals surface area contributed by atoms with Gasteiger partial charge < -0.3 is 10.4 Å². The van der Waals surface area contributed by atoms with E-state index in [1.165, 1.54) is 18.3 Å².